The van der Waals surface area contributed by atoms with Crippen molar-refractivity contribution in [2.24, 2.45) is 0 Å². The molecule has 0 atom stereocenters. The van der Waals surface area contributed by atoms with Crippen molar-refractivity contribution in [3.63, 3.8) is 0 Å². The molecule has 15 heavy (non-hydrogen) atoms. The average Bonchev–Trinajstić information content (AvgIpc) is 2.60. The number of fused-ring (bicyclic) bond motifs is 1. The topological polar surface area (TPSA) is 65.9 Å². The normalized spacial score (nSPS) is 9.87. The number of carbonyl (C=O) groups is 1. The highest BCUT2D eigenvalue weighted by Gasteiger charge is 2.07. The first-order valence-corrected chi connectivity index (χ1v) is 4.40. The standard InChI is InChI=1S/C11H8N2O2/c1-7(14)15-11-6-13-10-3-2-8(5-12)4-9(10)11/h2-4,6,13H,1H3. The van der Waals surface area contributed by atoms with Crippen LogP contribution in [0.15, 0.2) is 24.4 Å². The minimum Gasteiger partial charge on any atom is -0.424 e. The Labute approximate surface area is 86.1 Å². The summed E-state index contributed by atoms with van der Waals surface area (Å²) in [6.45, 7) is 1.34. The number of rotatable bonds is 1. The number of esters is 1. The summed E-state index contributed by atoms with van der Waals surface area (Å²) in [7, 11) is 0. The van der Waals surface area contributed by atoms with Crippen LogP contribution < -0.4 is 4.74 Å². The highest BCUT2D eigenvalue weighted by atomic mass is 16.5. The van der Waals surface area contributed by atoms with E-state index in [0.29, 0.717) is 11.3 Å². The molecule has 4 heteroatoms. The first kappa shape index (κ1) is 9.28. The third-order valence-electron chi connectivity index (χ3n) is 2.03. The zero-order chi connectivity index (χ0) is 10.8. The van der Waals surface area contributed by atoms with Gasteiger partial charge in [0.25, 0.3) is 0 Å². The second-order valence-electron chi connectivity index (χ2n) is 3.12. The van der Waals surface area contributed by atoms with Crippen molar-refractivity contribution < 1.29 is 9.53 Å². The molecule has 0 unspecified atom stereocenters. The highest BCUT2D eigenvalue weighted by Crippen LogP contribution is 2.26. The van der Waals surface area contributed by atoms with E-state index >= 15 is 0 Å². The number of nitrogens with one attached hydrogen (secondary N) is 1. The SMILES string of the molecule is CC(=O)Oc1c[nH]c2ccc(C#N)cc12. The third kappa shape index (κ3) is 1.67. The number of ether oxygens (including phenoxy) is 1. The maximum atomic E-state index is 10.8. The molecule has 0 spiro atoms. The Morgan fingerprint density at radius 1 is 1.53 bits per heavy atom. The summed E-state index contributed by atoms with van der Waals surface area (Å²) >= 11 is 0. The van der Waals surface area contributed by atoms with E-state index < -0.39 is 0 Å². The van der Waals surface area contributed by atoms with E-state index in [-0.39, 0.29) is 5.97 Å². The number of carbonyl (C=O) groups excluding carboxylic acids is 1. The van der Waals surface area contributed by atoms with Gasteiger partial charge < -0.3 is 9.72 Å². The Morgan fingerprint density at radius 3 is 3.00 bits per heavy atom. The van der Waals surface area contributed by atoms with E-state index in [0.717, 1.165) is 10.9 Å². The molecular formula is C11H8N2O2. The largest absolute Gasteiger partial charge is 0.424 e. The summed E-state index contributed by atoms with van der Waals surface area (Å²) in [6, 6.07) is 7.20. The average molecular weight is 200 g/mol. The molecule has 0 saturated heterocycles. The number of nitrogens with zero attached hydrogens (tertiary/aromatic N) is 1. The molecule has 0 aliphatic carbocycles. The fourth-order valence-electron chi connectivity index (χ4n) is 1.40. The maximum Gasteiger partial charge on any atom is 0.308 e. The fourth-order valence-corrected chi connectivity index (χ4v) is 1.40. The smallest absolute Gasteiger partial charge is 0.308 e. The van der Waals surface area contributed by atoms with Gasteiger partial charge in [0.15, 0.2) is 5.75 Å². The van der Waals surface area contributed by atoms with Crippen LogP contribution in [0.25, 0.3) is 10.9 Å². The number of aromatic amines is 1. The van der Waals surface area contributed by atoms with Crippen LogP contribution in [0.3, 0.4) is 0 Å². The van der Waals surface area contributed by atoms with E-state index in [4.69, 9.17) is 10.00 Å². The summed E-state index contributed by atoms with van der Waals surface area (Å²) < 4.78 is 4.99. The fraction of sp³-hybridized carbons (Fsp3) is 0.0909. The van der Waals surface area contributed by atoms with Crippen LogP contribution in [0.4, 0.5) is 0 Å². The van der Waals surface area contributed by atoms with Crippen LogP contribution in [-0.2, 0) is 4.79 Å². The molecule has 1 aromatic carbocycles. The number of aromatic nitrogens is 1. The third-order valence-corrected chi connectivity index (χ3v) is 2.03. The predicted molar refractivity (Wildman–Crippen MR) is 54.3 cm³/mol. The molecule has 4 nitrogen and oxygen atoms in total. The number of H-pyrrole nitrogens is 1. The van der Waals surface area contributed by atoms with Gasteiger partial charge in [-0.3, -0.25) is 4.79 Å². The second kappa shape index (κ2) is 3.46. The monoisotopic (exact) mass is 200 g/mol. The van der Waals surface area contributed by atoms with Gasteiger partial charge in [-0.25, -0.2) is 0 Å². The highest BCUT2D eigenvalue weighted by molar-refractivity contribution is 5.89. The zero-order valence-electron chi connectivity index (χ0n) is 8.07. The van der Waals surface area contributed by atoms with Crippen LogP contribution in [-0.4, -0.2) is 11.0 Å². The van der Waals surface area contributed by atoms with Gasteiger partial charge in [-0.1, -0.05) is 0 Å². The summed E-state index contributed by atoms with van der Waals surface area (Å²) in [5.41, 5.74) is 1.38. The number of hydrogen-bond donors (Lipinski definition) is 1. The van der Waals surface area contributed by atoms with Crippen molar-refractivity contribution >= 4 is 16.9 Å². The van der Waals surface area contributed by atoms with Crippen molar-refractivity contribution in [3.8, 4) is 11.8 Å². The Kier molecular flexibility index (Phi) is 2.14. The molecule has 1 N–H and O–H groups in total. The summed E-state index contributed by atoms with van der Waals surface area (Å²) in [4.78, 5) is 13.8. The second-order valence-corrected chi connectivity index (χ2v) is 3.12. The van der Waals surface area contributed by atoms with Gasteiger partial charge in [0, 0.05) is 24.0 Å². The molecule has 0 aliphatic heterocycles. The van der Waals surface area contributed by atoms with E-state index in [1.165, 1.54) is 6.92 Å². The number of hydrogen-bond acceptors (Lipinski definition) is 3. The molecule has 0 amide bonds. The molecule has 1 aromatic heterocycles. The maximum absolute atomic E-state index is 10.8. The minimum absolute atomic E-state index is 0.377. The van der Waals surface area contributed by atoms with Crippen molar-refractivity contribution in [2.45, 2.75) is 6.92 Å². The molecule has 0 saturated carbocycles. The quantitative estimate of drug-likeness (QED) is 0.715. The van der Waals surface area contributed by atoms with Gasteiger partial charge in [0.05, 0.1) is 11.6 Å². The molecule has 0 bridgehead atoms. The Balaban J connectivity index is 2.57. The van der Waals surface area contributed by atoms with Gasteiger partial charge in [-0.2, -0.15) is 5.26 Å². The molecule has 2 rings (SSSR count). The van der Waals surface area contributed by atoms with Crippen LogP contribution in [0.1, 0.15) is 12.5 Å². The summed E-state index contributed by atoms with van der Waals surface area (Å²) in [5, 5.41) is 9.48. The van der Waals surface area contributed by atoms with Crippen molar-refractivity contribution in [2.75, 3.05) is 0 Å². The van der Waals surface area contributed by atoms with Crippen molar-refractivity contribution in [1.82, 2.24) is 4.98 Å². The molecule has 0 radical (unpaired) electrons. The van der Waals surface area contributed by atoms with Crippen LogP contribution in [0, 0.1) is 11.3 Å². The Hall–Kier alpha value is -2.28. The lowest BCUT2D eigenvalue weighted by Gasteiger charge is -1.97. The molecule has 1 heterocycles. The van der Waals surface area contributed by atoms with Gasteiger partial charge in [0.2, 0.25) is 0 Å². The zero-order valence-corrected chi connectivity index (χ0v) is 8.07. The first-order valence-electron chi connectivity index (χ1n) is 4.40. The van der Waals surface area contributed by atoms with E-state index in [2.05, 4.69) is 4.98 Å². The van der Waals surface area contributed by atoms with Crippen molar-refractivity contribution in [3.05, 3.63) is 30.0 Å². The molecule has 0 aliphatic rings. The lowest BCUT2D eigenvalue weighted by molar-refractivity contribution is -0.131. The minimum atomic E-state index is -0.377. The van der Waals surface area contributed by atoms with E-state index in [1.807, 2.05) is 6.07 Å². The number of nitriles is 1. The van der Waals surface area contributed by atoms with Crippen LogP contribution in [0.2, 0.25) is 0 Å². The van der Waals surface area contributed by atoms with Crippen LogP contribution >= 0.6 is 0 Å². The number of benzene rings is 1. The van der Waals surface area contributed by atoms with E-state index in [1.54, 1.807) is 24.4 Å². The molecule has 74 valence electrons. The first-order chi connectivity index (χ1) is 7.20. The van der Waals surface area contributed by atoms with E-state index in [9.17, 15) is 4.79 Å². The lowest BCUT2D eigenvalue weighted by atomic mass is 10.2. The van der Waals surface area contributed by atoms with Crippen LogP contribution in [0.5, 0.6) is 5.75 Å². The molecular weight excluding hydrogens is 192 g/mol. The van der Waals surface area contributed by atoms with Gasteiger partial charge in [-0.05, 0) is 18.2 Å². The predicted octanol–water partition coefficient (Wildman–Crippen LogP) is 1.96. The summed E-state index contributed by atoms with van der Waals surface area (Å²) in [5.74, 6) is 0.0767. The van der Waals surface area contributed by atoms with Gasteiger partial charge in [0.1, 0.15) is 0 Å². The van der Waals surface area contributed by atoms with Crippen molar-refractivity contribution in [1.29, 1.82) is 5.26 Å². The molecule has 0 fully saturated rings. The van der Waals surface area contributed by atoms with Gasteiger partial charge in [-0.15, -0.1) is 0 Å². The lowest BCUT2D eigenvalue weighted by Crippen LogP contribution is -2.00. The van der Waals surface area contributed by atoms with Gasteiger partial charge >= 0.3 is 5.97 Å². The Morgan fingerprint density at radius 2 is 2.33 bits per heavy atom. The summed E-state index contributed by atoms with van der Waals surface area (Å²) in [6.07, 6.45) is 1.60. The Bertz CT molecular complexity index is 563. The molecule has 2 aromatic rings.